The Labute approximate surface area is 94.0 Å². The second kappa shape index (κ2) is 4.26. The average molecular weight is 245 g/mol. The van der Waals surface area contributed by atoms with Crippen LogP contribution in [0.1, 0.15) is 0 Å². The molecule has 4 nitrogen and oxygen atoms in total. The number of nitrogens with one attached hydrogen (secondary N) is 1. The number of aliphatic hydroxyl groups excluding tert-OH is 1. The predicted octanol–water partition coefficient (Wildman–Crippen LogP) is 1.73. The van der Waals surface area contributed by atoms with E-state index in [1.165, 1.54) is 17.7 Å². The van der Waals surface area contributed by atoms with Crippen molar-refractivity contribution in [1.82, 2.24) is 9.97 Å². The number of halogens is 2. The number of thiophene rings is 1. The molecule has 86 valence electrons. The van der Waals surface area contributed by atoms with E-state index in [1.54, 1.807) is 6.07 Å². The third-order valence-electron chi connectivity index (χ3n) is 1.99. The third-order valence-corrected chi connectivity index (χ3v) is 2.90. The molecule has 2 aromatic heterocycles. The van der Waals surface area contributed by atoms with Gasteiger partial charge < -0.3 is 10.4 Å². The Morgan fingerprint density at radius 1 is 1.44 bits per heavy atom. The van der Waals surface area contributed by atoms with Crippen LogP contribution < -0.4 is 5.32 Å². The van der Waals surface area contributed by atoms with Crippen LogP contribution in [0.4, 0.5) is 14.6 Å². The number of fused-ring (bicyclic) bond motifs is 1. The zero-order valence-electron chi connectivity index (χ0n) is 8.15. The van der Waals surface area contributed by atoms with Crippen molar-refractivity contribution in [3.8, 4) is 0 Å². The van der Waals surface area contributed by atoms with Gasteiger partial charge in [-0.25, -0.2) is 18.7 Å². The van der Waals surface area contributed by atoms with Crippen molar-refractivity contribution in [2.24, 2.45) is 0 Å². The van der Waals surface area contributed by atoms with Crippen molar-refractivity contribution in [3.63, 3.8) is 0 Å². The molecular formula is C9H9F2N3OS. The highest BCUT2D eigenvalue weighted by Gasteiger charge is 2.27. The molecule has 0 saturated heterocycles. The molecule has 0 aliphatic rings. The summed E-state index contributed by atoms with van der Waals surface area (Å²) in [6, 6.07) is 1.79. The summed E-state index contributed by atoms with van der Waals surface area (Å²) < 4.78 is 26.4. The maximum Gasteiger partial charge on any atom is 0.287 e. The molecule has 2 heterocycles. The van der Waals surface area contributed by atoms with Gasteiger partial charge in [-0.2, -0.15) is 0 Å². The number of anilines is 1. The van der Waals surface area contributed by atoms with Gasteiger partial charge in [-0.1, -0.05) is 0 Å². The van der Waals surface area contributed by atoms with Crippen molar-refractivity contribution in [3.05, 3.63) is 17.8 Å². The molecule has 0 radical (unpaired) electrons. The Kier molecular flexibility index (Phi) is 2.97. The first kappa shape index (κ1) is 11.2. The number of nitrogens with zero attached hydrogens (tertiary/aromatic N) is 2. The van der Waals surface area contributed by atoms with Gasteiger partial charge in [0.15, 0.2) is 0 Å². The predicted molar refractivity (Wildman–Crippen MR) is 57.9 cm³/mol. The molecule has 0 atom stereocenters. The SMILES string of the molecule is OCC(F)(F)CNc1ncnc2ccsc12. The van der Waals surface area contributed by atoms with E-state index in [1.807, 2.05) is 5.38 Å². The van der Waals surface area contributed by atoms with Crippen molar-refractivity contribution >= 4 is 27.4 Å². The van der Waals surface area contributed by atoms with E-state index >= 15 is 0 Å². The lowest BCUT2D eigenvalue weighted by Crippen LogP contribution is -2.31. The van der Waals surface area contributed by atoms with Gasteiger partial charge in [-0.05, 0) is 11.4 Å². The van der Waals surface area contributed by atoms with Crippen molar-refractivity contribution < 1.29 is 13.9 Å². The van der Waals surface area contributed by atoms with Crippen molar-refractivity contribution in [1.29, 1.82) is 0 Å². The summed E-state index contributed by atoms with van der Waals surface area (Å²) in [5.41, 5.74) is 0.717. The normalized spacial score (nSPS) is 11.9. The summed E-state index contributed by atoms with van der Waals surface area (Å²) in [5.74, 6) is -2.78. The highest BCUT2D eigenvalue weighted by Crippen LogP contribution is 2.25. The summed E-state index contributed by atoms with van der Waals surface area (Å²) in [6.07, 6.45) is 1.31. The van der Waals surface area contributed by atoms with Crippen LogP contribution in [0.15, 0.2) is 17.8 Å². The smallest absolute Gasteiger partial charge is 0.287 e. The van der Waals surface area contributed by atoms with Gasteiger partial charge in [0, 0.05) is 0 Å². The van der Waals surface area contributed by atoms with Gasteiger partial charge in [-0.3, -0.25) is 0 Å². The van der Waals surface area contributed by atoms with E-state index in [0.717, 1.165) is 10.2 Å². The Morgan fingerprint density at radius 3 is 3.00 bits per heavy atom. The summed E-state index contributed by atoms with van der Waals surface area (Å²) in [5, 5.41) is 12.8. The highest BCUT2D eigenvalue weighted by molar-refractivity contribution is 7.17. The number of hydrogen-bond donors (Lipinski definition) is 2. The van der Waals surface area contributed by atoms with E-state index in [-0.39, 0.29) is 0 Å². The topological polar surface area (TPSA) is 58.0 Å². The molecule has 0 unspecified atom stereocenters. The van der Waals surface area contributed by atoms with E-state index in [2.05, 4.69) is 15.3 Å². The minimum atomic E-state index is -3.14. The van der Waals surface area contributed by atoms with Gasteiger partial charge in [0.05, 0.1) is 16.8 Å². The number of aromatic nitrogens is 2. The molecule has 2 aromatic rings. The molecule has 0 aliphatic heterocycles. The van der Waals surface area contributed by atoms with Crippen molar-refractivity contribution in [2.75, 3.05) is 18.5 Å². The summed E-state index contributed by atoms with van der Waals surface area (Å²) in [6.45, 7) is -1.83. The number of rotatable bonds is 4. The standard InChI is InChI=1S/C9H9F2N3OS/c10-9(11,4-15)3-12-8-7-6(1-2-16-7)13-5-14-8/h1-2,5,15H,3-4H2,(H,12,13,14). The molecule has 0 spiro atoms. The Bertz CT molecular complexity index is 488. The molecule has 2 rings (SSSR count). The van der Waals surface area contributed by atoms with E-state index in [4.69, 9.17) is 5.11 Å². The molecule has 7 heteroatoms. The minimum Gasteiger partial charge on any atom is -0.390 e. The fraction of sp³-hybridized carbons (Fsp3) is 0.333. The third kappa shape index (κ3) is 2.25. The van der Waals surface area contributed by atoms with E-state index in [9.17, 15) is 8.78 Å². The van der Waals surface area contributed by atoms with E-state index < -0.39 is 19.1 Å². The fourth-order valence-electron chi connectivity index (χ4n) is 1.18. The zero-order chi connectivity index (χ0) is 11.6. The molecule has 2 N–H and O–H groups in total. The second-order valence-corrected chi connectivity index (χ2v) is 4.14. The zero-order valence-corrected chi connectivity index (χ0v) is 8.97. The summed E-state index contributed by atoms with van der Waals surface area (Å²) in [4.78, 5) is 7.88. The summed E-state index contributed by atoms with van der Waals surface area (Å²) >= 11 is 1.38. The van der Waals surface area contributed by atoms with Crippen LogP contribution in [-0.2, 0) is 0 Å². The monoisotopic (exact) mass is 245 g/mol. The average Bonchev–Trinajstić information content (AvgIpc) is 2.75. The largest absolute Gasteiger partial charge is 0.390 e. The Morgan fingerprint density at radius 2 is 2.25 bits per heavy atom. The quantitative estimate of drug-likeness (QED) is 0.861. The highest BCUT2D eigenvalue weighted by atomic mass is 32.1. The van der Waals surface area contributed by atoms with Crippen LogP contribution in [-0.4, -0.2) is 34.1 Å². The van der Waals surface area contributed by atoms with Gasteiger partial charge in [0.25, 0.3) is 5.92 Å². The molecule has 0 fully saturated rings. The van der Waals surface area contributed by atoms with Crippen molar-refractivity contribution in [2.45, 2.75) is 5.92 Å². The molecule has 0 saturated carbocycles. The number of hydrogen-bond acceptors (Lipinski definition) is 5. The molecule has 0 amide bonds. The fourth-order valence-corrected chi connectivity index (χ4v) is 1.99. The molecular weight excluding hydrogens is 236 g/mol. The van der Waals surface area contributed by atoms with E-state index in [0.29, 0.717) is 5.82 Å². The van der Waals surface area contributed by atoms with Crippen LogP contribution in [0.25, 0.3) is 10.2 Å². The van der Waals surface area contributed by atoms with Crippen LogP contribution >= 0.6 is 11.3 Å². The molecule has 0 aromatic carbocycles. The first-order valence-corrected chi connectivity index (χ1v) is 5.41. The molecule has 0 aliphatic carbocycles. The maximum atomic E-state index is 12.8. The number of alkyl halides is 2. The van der Waals surface area contributed by atoms with Crippen LogP contribution in [0, 0.1) is 0 Å². The molecule has 0 bridgehead atoms. The number of aliphatic hydroxyl groups is 1. The van der Waals surface area contributed by atoms with Crippen LogP contribution in [0.2, 0.25) is 0 Å². The van der Waals surface area contributed by atoms with Crippen LogP contribution in [0.5, 0.6) is 0 Å². The summed E-state index contributed by atoms with van der Waals surface area (Å²) in [7, 11) is 0. The minimum absolute atomic E-state index is 0.369. The lowest BCUT2D eigenvalue weighted by atomic mass is 10.3. The van der Waals surface area contributed by atoms with Crippen LogP contribution in [0.3, 0.4) is 0 Å². The first-order chi connectivity index (χ1) is 7.62. The lowest BCUT2D eigenvalue weighted by Gasteiger charge is -2.14. The Hall–Kier alpha value is -1.34. The van der Waals surface area contributed by atoms with Gasteiger partial charge in [-0.15, -0.1) is 11.3 Å². The Balaban J connectivity index is 2.18. The maximum absolute atomic E-state index is 12.8. The second-order valence-electron chi connectivity index (χ2n) is 3.22. The van der Waals surface area contributed by atoms with Gasteiger partial charge >= 0.3 is 0 Å². The lowest BCUT2D eigenvalue weighted by molar-refractivity contribution is -0.0373. The van der Waals surface area contributed by atoms with Gasteiger partial charge in [0.1, 0.15) is 18.8 Å². The first-order valence-electron chi connectivity index (χ1n) is 4.53. The van der Waals surface area contributed by atoms with Gasteiger partial charge in [0.2, 0.25) is 0 Å². The molecule has 16 heavy (non-hydrogen) atoms.